The van der Waals surface area contributed by atoms with Crippen LogP contribution in [0.5, 0.6) is 0 Å². The molecule has 2 N–H and O–H groups in total. The zero-order chi connectivity index (χ0) is 11.3. The van der Waals surface area contributed by atoms with Gasteiger partial charge in [-0.15, -0.1) is 0 Å². The molecule has 0 fully saturated rings. The predicted octanol–water partition coefficient (Wildman–Crippen LogP) is 2.21. The maximum absolute atomic E-state index is 10.6. The van der Waals surface area contributed by atoms with Crippen LogP contribution < -0.4 is 5.32 Å². The number of nitrogens with zero attached hydrogens (tertiary/aromatic N) is 1. The first kappa shape index (κ1) is 12.1. The topological polar surface area (TPSA) is 62.2 Å². The second-order valence-corrected chi connectivity index (χ2v) is 4.17. The van der Waals surface area contributed by atoms with Crippen LogP contribution in [0.25, 0.3) is 0 Å². The first-order valence-electron chi connectivity index (χ1n) is 4.27. The van der Waals surface area contributed by atoms with Crippen molar-refractivity contribution < 1.29 is 9.90 Å². The lowest BCUT2D eigenvalue weighted by Gasteiger charge is -2.06. The summed E-state index contributed by atoms with van der Waals surface area (Å²) in [5.74, 6) is 0.439. The van der Waals surface area contributed by atoms with Crippen LogP contribution in [0.1, 0.15) is 10.4 Å². The van der Waals surface area contributed by atoms with E-state index in [1.54, 1.807) is 11.8 Å². The molecule has 0 saturated heterocycles. The number of carboxylic acid groups (broad SMARTS) is 1. The van der Waals surface area contributed by atoms with Crippen molar-refractivity contribution in [3.05, 3.63) is 22.8 Å². The highest BCUT2D eigenvalue weighted by molar-refractivity contribution is 7.98. The van der Waals surface area contributed by atoms with E-state index in [-0.39, 0.29) is 5.56 Å². The van der Waals surface area contributed by atoms with Gasteiger partial charge in [-0.05, 0) is 12.3 Å². The van der Waals surface area contributed by atoms with Gasteiger partial charge in [0.05, 0.1) is 10.6 Å². The minimum Gasteiger partial charge on any atom is -0.478 e. The van der Waals surface area contributed by atoms with Crippen molar-refractivity contribution >= 4 is 35.1 Å². The molecule has 82 valence electrons. The number of pyridine rings is 1. The smallest absolute Gasteiger partial charge is 0.337 e. The Morgan fingerprint density at radius 3 is 3.00 bits per heavy atom. The van der Waals surface area contributed by atoms with Crippen molar-refractivity contribution in [2.24, 2.45) is 0 Å². The van der Waals surface area contributed by atoms with Gasteiger partial charge in [0.25, 0.3) is 0 Å². The number of nitrogens with one attached hydrogen (secondary N) is 1. The Labute approximate surface area is 97.0 Å². The molecule has 0 aliphatic rings. The zero-order valence-electron chi connectivity index (χ0n) is 8.16. The highest BCUT2D eigenvalue weighted by Gasteiger charge is 2.07. The fourth-order valence-electron chi connectivity index (χ4n) is 0.956. The average molecular weight is 247 g/mol. The van der Waals surface area contributed by atoms with Gasteiger partial charge in [-0.3, -0.25) is 0 Å². The lowest BCUT2D eigenvalue weighted by molar-refractivity contribution is 0.0696. The molecule has 6 heteroatoms. The first-order valence-corrected chi connectivity index (χ1v) is 6.04. The molecule has 1 aromatic rings. The van der Waals surface area contributed by atoms with Gasteiger partial charge in [-0.25, -0.2) is 9.78 Å². The quantitative estimate of drug-likeness (QED) is 0.780. The van der Waals surface area contributed by atoms with E-state index in [4.69, 9.17) is 16.7 Å². The molecular weight excluding hydrogens is 236 g/mol. The zero-order valence-corrected chi connectivity index (χ0v) is 9.73. The van der Waals surface area contributed by atoms with E-state index in [2.05, 4.69) is 10.3 Å². The third-order valence-corrected chi connectivity index (χ3v) is 2.59. The monoisotopic (exact) mass is 246 g/mol. The minimum atomic E-state index is -1.03. The summed E-state index contributed by atoms with van der Waals surface area (Å²) in [6, 6.07) is 1.39. The number of anilines is 1. The molecular formula is C9H11ClN2O2S. The summed E-state index contributed by atoms with van der Waals surface area (Å²) in [6.45, 7) is 0.750. The summed E-state index contributed by atoms with van der Waals surface area (Å²) < 4.78 is 0. The van der Waals surface area contributed by atoms with Crippen molar-refractivity contribution in [3.63, 3.8) is 0 Å². The van der Waals surface area contributed by atoms with Crippen molar-refractivity contribution in [2.75, 3.05) is 23.9 Å². The molecule has 0 bridgehead atoms. The van der Waals surface area contributed by atoms with Gasteiger partial charge in [0, 0.05) is 18.5 Å². The van der Waals surface area contributed by atoms with E-state index in [0.29, 0.717) is 10.8 Å². The van der Waals surface area contributed by atoms with Crippen LogP contribution in [-0.2, 0) is 0 Å². The number of aromatic nitrogens is 1. The summed E-state index contributed by atoms with van der Waals surface area (Å²) >= 11 is 7.56. The second-order valence-electron chi connectivity index (χ2n) is 2.78. The molecule has 0 aliphatic heterocycles. The Balaban J connectivity index is 2.70. The lowest BCUT2D eigenvalue weighted by atomic mass is 10.3. The Hall–Kier alpha value is -0.940. The summed E-state index contributed by atoms with van der Waals surface area (Å²) in [5, 5.41) is 12.0. The number of halogens is 1. The van der Waals surface area contributed by atoms with Gasteiger partial charge in [0.1, 0.15) is 5.82 Å². The number of thioether (sulfide) groups is 1. The maximum Gasteiger partial charge on any atom is 0.337 e. The predicted molar refractivity (Wildman–Crippen MR) is 63.1 cm³/mol. The molecule has 1 rings (SSSR count). The molecule has 0 saturated carbocycles. The largest absolute Gasteiger partial charge is 0.478 e. The van der Waals surface area contributed by atoms with Gasteiger partial charge >= 0.3 is 5.97 Å². The maximum atomic E-state index is 10.6. The van der Waals surface area contributed by atoms with Crippen molar-refractivity contribution in [1.29, 1.82) is 0 Å². The van der Waals surface area contributed by atoms with E-state index < -0.39 is 5.97 Å². The summed E-state index contributed by atoms with van der Waals surface area (Å²) in [5.41, 5.74) is 0.0930. The van der Waals surface area contributed by atoms with Crippen molar-refractivity contribution in [3.8, 4) is 0 Å². The van der Waals surface area contributed by atoms with Gasteiger partial charge < -0.3 is 10.4 Å². The molecule has 4 nitrogen and oxygen atoms in total. The Bertz CT molecular complexity index is 360. The van der Waals surface area contributed by atoms with Gasteiger partial charge in [0.15, 0.2) is 0 Å². The molecule has 0 atom stereocenters. The molecule has 0 spiro atoms. The average Bonchev–Trinajstić information content (AvgIpc) is 2.20. The summed E-state index contributed by atoms with van der Waals surface area (Å²) in [6.07, 6.45) is 3.29. The van der Waals surface area contributed by atoms with Gasteiger partial charge in [0.2, 0.25) is 0 Å². The SMILES string of the molecule is CSCCNc1ncc(C(=O)O)cc1Cl. The van der Waals surface area contributed by atoms with Crippen LogP contribution in [0.15, 0.2) is 12.3 Å². The molecule has 15 heavy (non-hydrogen) atoms. The van der Waals surface area contributed by atoms with Crippen molar-refractivity contribution in [1.82, 2.24) is 4.98 Å². The second kappa shape index (κ2) is 5.82. The van der Waals surface area contributed by atoms with E-state index in [0.717, 1.165) is 12.3 Å². The van der Waals surface area contributed by atoms with Crippen LogP contribution in [-0.4, -0.2) is 34.6 Å². The van der Waals surface area contributed by atoms with E-state index >= 15 is 0 Å². The van der Waals surface area contributed by atoms with Crippen LogP contribution in [0.2, 0.25) is 5.02 Å². The Kier molecular flexibility index (Phi) is 4.71. The van der Waals surface area contributed by atoms with E-state index in [1.807, 2.05) is 6.26 Å². The van der Waals surface area contributed by atoms with Gasteiger partial charge in [-0.2, -0.15) is 11.8 Å². The van der Waals surface area contributed by atoms with E-state index in [1.165, 1.54) is 12.3 Å². The Morgan fingerprint density at radius 2 is 2.47 bits per heavy atom. The standard InChI is InChI=1S/C9H11ClN2O2S/c1-15-3-2-11-8-7(10)4-6(5-12-8)9(13)14/h4-5H,2-3H2,1H3,(H,11,12)(H,13,14). The highest BCUT2D eigenvalue weighted by Crippen LogP contribution is 2.19. The first-order chi connectivity index (χ1) is 7.15. The number of hydrogen-bond donors (Lipinski definition) is 2. The fraction of sp³-hybridized carbons (Fsp3) is 0.333. The highest BCUT2D eigenvalue weighted by atomic mass is 35.5. The number of rotatable bonds is 5. The number of hydrogen-bond acceptors (Lipinski definition) is 4. The molecule has 0 amide bonds. The number of carboxylic acids is 1. The van der Waals surface area contributed by atoms with Crippen LogP contribution in [0, 0.1) is 0 Å². The fourth-order valence-corrected chi connectivity index (χ4v) is 1.50. The molecule has 0 aliphatic carbocycles. The normalized spacial score (nSPS) is 10.0. The molecule has 0 radical (unpaired) electrons. The molecule has 0 aromatic carbocycles. The molecule has 1 heterocycles. The third kappa shape index (κ3) is 3.60. The third-order valence-electron chi connectivity index (χ3n) is 1.69. The number of aromatic carboxylic acids is 1. The minimum absolute atomic E-state index is 0.0930. The molecule has 0 unspecified atom stereocenters. The van der Waals surface area contributed by atoms with Crippen LogP contribution in [0.4, 0.5) is 5.82 Å². The van der Waals surface area contributed by atoms with Crippen molar-refractivity contribution in [2.45, 2.75) is 0 Å². The van der Waals surface area contributed by atoms with Crippen LogP contribution >= 0.6 is 23.4 Å². The molecule has 1 aromatic heterocycles. The van der Waals surface area contributed by atoms with Crippen LogP contribution in [0.3, 0.4) is 0 Å². The lowest BCUT2D eigenvalue weighted by Crippen LogP contribution is -2.07. The number of carbonyl (C=O) groups is 1. The Morgan fingerprint density at radius 1 is 1.73 bits per heavy atom. The van der Waals surface area contributed by atoms with Gasteiger partial charge in [-0.1, -0.05) is 11.6 Å². The summed E-state index contributed by atoms with van der Waals surface area (Å²) in [7, 11) is 0. The van der Waals surface area contributed by atoms with E-state index in [9.17, 15) is 4.79 Å². The summed E-state index contributed by atoms with van der Waals surface area (Å²) in [4.78, 5) is 14.5.